The highest BCUT2D eigenvalue weighted by atomic mass is 31.0. The Morgan fingerprint density at radius 1 is 1.35 bits per heavy atom. The lowest BCUT2D eigenvalue weighted by atomic mass is 10.0. The number of hydrogen-bond acceptors (Lipinski definition) is 3. The van der Waals surface area contributed by atoms with Gasteiger partial charge in [0.1, 0.15) is 0 Å². The third-order valence-electron chi connectivity index (χ3n) is 2.93. The summed E-state index contributed by atoms with van der Waals surface area (Å²) in [6.07, 6.45) is 3.83. The number of aryl methyl sites for hydroxylation is 1. The summed E-state index contributed by atoms with van der Waals surface area (Å²) >= 11 is 0. The first-order valence-corrected chi connectivity index (χ1v) is 6.82. The Balaban J connectivity index is 2.51. The molecule has 98 valence electrons. The van der Waals surface area contributed by atoms with Gasteiger partial charge >= 0.3 is 0 Å². The largest absolute Gasteiger partial charge is 0.375 e. The standard InChI is InChI=1S/C12H24N3OP/c1-10-8-15(14-13-10)11(2,3)6-7-16-12(4,5)9-17/h8H,6-7,9,17H2,1-5H3. The number of ether oxygens (including phenoxy) is 1. The summed E-state index contributed by atoms with van der Waals surface area (Å²) < 4.78 is 7.78. The van der Waals surface area contributed by atoms with E-state index in [2.05, 4.69) is 47.2 Å². The van der Waals surface area contributed by atoms with Gasteiger partial charge in [-0.05, 0) is 47.2 Å². The molecule has 0 amide bonds. The Kier molecular flexibility index (Phi) is 4.68. The Labute approximate surface area is 106 Å². The van der Waals surface area contributed by atoms with Gasteiger partial charge in [-0.25, -0.2) is 4.68 Å². The van der Waals surface area contributed by atoms with Gasteiger partial charge in [0.15, 0.2) is 0 Å². The van der Waals surface area contributed by atoms with E-state index in [4.69, 9.17) is 4.74 Å². The van der Waals surface area contributed by atoms with Crippen molar-refractivity contribution in [1.82, 2.24) is 15.0 Å². The predicted molar refractivity (Wildman–Crippen MR) is 73.3 cm³/mol. The first kappa shape index (κ1) is 14.6. The van der Waals surface area contributed by atoms with Crippen LogP contribution in [0.3, 0.4) is 0 Å². The van der Waals surface area contributed by atoms with Crippen LogP contribution in [0.2, 0.25) is 0 Å². The van der Waals surface area contributed by atoms with Crippen molar-refractivity contribution in [1.29, 1.82) is 0 Å². The van der Waals surface area contributed by atoms with Gasteiger partial charge in [-0.15, -0.1) is 14.3 Å². The van der Waals surface area contributed by atoms with Crippen LogP contribution in [0.25, 0.3) is 0 Å². The minimum Gasteiger partial charge on any atom is -0.375 e. The van der Waals surface area contributed by atoms with Crippen molar-refractivity contribution >= 4 is 9.24 Å². The van der Waals surface area contributed by atoms with E-state index in [1.165, 1.54) is 0 Å². The topological polar surface area (TPSA) is 39.9 Å². The summed E-state index contributed by atoms with van der Waals surface area (Å²) in [6.45, 7) is 11.2. The van der Waals surface area contributed by atoms with E-state index in [9.17, 15) is 0 Å². The molecule has 4 nitrogen and oxygen atoms in total. The highest BCUT2D eigenvalue weighted by Crippen LogP contribution is 2.21. The molecule has 0 spiro atoms. The number of aromatic nitrogens is 3. The molecule has 0 fully saturated rings. The molecular formula is C12H24N3OP. The Bertz CT molecular complexity index is 360. The Hall–Kier alpha value is -0.470. The van der Waals surface area contributed by atoms with E-state index in [0.29, 0.717) is 0 Å². The van der Waals surface area contributed by atoms with E-state index in [1.54, 1.807) is 0 Å². The predicted octanol–water partition coefficient (Wildman–Crippen LogP) is 2.38. The van der Waals surface area contributed by atoms with E-state index < -0.39 is 0 Å². The summed E-state index contributed by atoms with van der Waals surface area (Å²) in [5.41, 5.74) is 0.821. The van der Waals surface area contributed by atoms with Crippen LogP contribution >= 0.6 is 9.24 Å². The molecule has 0 aliphatic rings. The normalized spacial score (nSPS) is 13.1. The maximum Gasteiger partial charge on any atom is 0.0796 e. The first-order chi connectivity index (χ1) is 7.77. The van der Waals surface area contributed by atoms with Gasteiger partial charge in [0.2, 0.25) is 0 Å². The fraction of sp³-hybridized carbons (Fsp3) is 0.833. The fourth-order valence-electron chi connectivity index (χ4n) is 1.39. The fourth-order valence-corrected chi connectivity index (χ4v) is 1.51. The lowest BCUT2D eigenvalue weighted by Gasteiger charge is -2.28. The maximum atomic E-state index is 5.86. The number of nitrogens with zero attached hydrogens (tertiary/aromatic N) is 3. The average Bonchev–Trinajstić information content (AvgIpc) is 2.65. The van der Waals surface area contributed by atoms with Crippen molar-refractivity contribution in [2.75, 3.05) is 12.8 Å². The zero-order valence-electron chi connectivity index (χ0n) is 11.5. The summed E-state index contributed by atoms with van der Waals surface area (Å²) in [5, 5.41) is 8.15. The third-order valence-corrected chi connectivity index (χ3v) is 3.91. The van der Waals surface area contributed by atoms with Crippen molar-refractivity contribution in [2.24, 2.45) is 0 Å². The summed E-state index contributed by atoms with van der Waals surface area (Å²) in [6, 6.07) is 0. The minimum atomic E-state index is -0.0704. The van der Waals surface area contributed by atoms with Crippen LogP contribution in [0.5, 0.6) is 0 Å². The van der Waals surface area contributed by atoms with Crippen molar-refractivity contribution in [2.45, 2.75) is 52.2 Å². The second-order valence-corrected chi connectivity index (χ2v) is 6.09. The van der Waals surface area contributed by atoms with Crippen LogP contribution in [0, 0.1) is 6.92 Å². The molecule has 5 heteroatoms. The molecular weight excluding hydrogens is 233 g/mol. The van der Waals surface area contributed by atoms with Gasteiger partial charge in [-0.2, -0.15) is 0 Å². The quantitative estimate of drug-likeness (QED) is 0.735. The van der Waals surface area contributed by atoms with E-state index in [0.717, 1.165) is 24.9 Å². The summed E-state index contributed by atoms with van der Waals surface area (Å²) in [7, 11) is 2.72. The number of hydrogen-bond donors (Lipinski definition) is 0. The van der Waals surface area contributed by atoms with Crippen LogP contribution in [-0.2, 0) is 10.3 Å². The lowest BCUT2D eigenvalue weighted by molar-refractivity contribution is -0.0120. The van der Waals surface area contributed by atoms with Crippen molar-refractivity contribution < 1.29 is 4.74 Å². The lowest BCUT2D eigenvalue weighted by Crippen LogP contribution is -2.32. The van der Waals surface area contributed by atoms with Gasteiger partial charge in [0, 0.05) is 12.8 Å². The molecule has 1 unspecified atom stereocenters. The highest BCUT2D eigenvalue weighted by molar-refractivity contribution is 7.16. The van der Waals surface area contributed by atoms with Crippen LogP contribution in [0.4, 0.5) is 0 Å². The van der Waals surface area contributed by atoms with Gasteiger partial charge in [-0.1, -0.05) is 5.21 Å². The van der Waals surface area contributed by atoms with Crippen molar-refractivity contribution in [3.63, 3.8) is 0 Å². The average molecular weight is 257 g/mol. The second kappa shape index (κ2) is 5.45. The molecule has 17 heavy (non-hydrogen) atoms. The molecule has 1 aromatic rings. The highest BCUT2D eigenvalue weighted by Gasteiger charge is 2.23. The smallest absolute Gasteiger partial charge is 0.0796 e. The molecule has 1 heterocycles. The molecule has 0 aliphatic carbocycles. The number of rotatable bonds is 6. The molecule has 0 aromatic carbocycles. The van der Waals surface area contributed by atoms with E-state index in [1.807, 2.05) is 17.8 Å². The Morgan fingerprint density at radius 3 is 2.47 bits per heavy atom. The zero-order chi connectivity index (χ0) is 13.1. The zero-order valence-corrected chi connectivity index (χ0v) is 12.7. The maximum absolute atomic E-state index is 5.86. The molecule has 1 aromatic heterocycles. The third kappa shape index (κ3) is 4.36. The molecule has 0 bridgehead atoms. The van der Waals surface area contributed by atoms with Gasteiger partial charge in [0.25, 0.3) is 0 Å². The molecule has 1 rings (SSSR count). The molecule has 0 N–H and O–H groups in total. The van der Waals surface area contributed by atoms with E-state index in [-0.39, 0.29) is 11.1 Å². The van der Waals surface area contributed by atoms with Gasteiger partial charge in [-0.3, -0.25) is 0 Å². The monoisotopic (exact) mass is 257 g/mol. The molecule has 0 saturated heterocycles. The van der Waals surface area contributed by atoms with Gasteiger partial charge < -0.3 is 4.74 Å². The van der Waals surface area contributed by atoms with E-state index >= 15 is 0 Å². The molecule has 1 atom stereocenters. The van der Waals surface area contributed by atoms with Crippen LogP contribution in [0.1, 0.15) is 39.8 Å². The second-order valence-electron chi connectivity index (χ2n) is 5.68. The Morgan fingerprint density at radius 2 is 2.00 bits per heavy atom. The summed E-state index contributed by atoms with van der Waals surface area (Å²) in [4.78, 5) is 0. The van der Waals surface area contributed by atoms with Crippen molar-refractivity contribution in [3.8, 4) is 0 Å². The first-order valence-electron chi connectivity index (χ1n) is 6.00. The van der Waals surface area contributed by atoms with Crippen LogP contribution in [-0.4, -0.2) is 33.4 Å². The molecule has 0 aliphatic heterocycles. The van der Waals surface area contributed by atoms with Gasteiger partial charge in [0.05, 0.1) is 16.8 Å². The SMILES string of the molecule is Cc1cn(C(C)(C)CCOC(C)(C)CP)nn1. The van der Waals surface area contributed by atoms with Crippen LogP contribution < -0.4 is 0 Å². The molecule has 0 radical (unpaired) electrons. The van der Waals surface area contributed by atoms with Crippen LogP contribution in [0.15, 0.2) is 6.20 Å². The van der Waals surface area contributed by atoms with Crippen molar-refractivity contribution in [3.05, 3.63) is 11.9 Å². The minimum absolute atomic E-state index is 0.0573. The molecule has 0 saturated carbocycles. The summed E-state index contributed by atoms with van der Waals surface area (Å²) in [5.74, 6) is 0.